The number of nitrogens with zero attached hydrogens (tertiary/aromatic N) is 1. The molecule has 2 amide bonds. The minimum absolute atomic E-state index is 0.0997. The monoisotopic (exact) mass is 377 g/mol. The van der Waals surface area contributed by atoms with Gasteiger partial charge in [0.2, 0.25) is 0 Å². The number of rotatable bonds is 9. The Hall–Kier alpha value is -1.73. The van der Waals surface area contributed by atoms with E-state index in [1.54, 1.807) is 11.8 Å². The van der Waals surface area contributed by atoms with Crippen LogP contribution in [0.5, 0.6) is 0 Å². The molecule has 1 aromatic carbocycles. The van der Waals surface area contributed by atoms with Gasteiger partial charge in [-0.3, -0.25) is 9.69 Å². The van der Waals surface area contributed by atoms with E-state index in [-0.39, 0.29) is 24.7 Å². The van der Waals surface area contributed by atoms with Gasteiger partial charge in [-0.25, -0.2) is 4.79 Å². The van der Waals surface area contributed by atoms with Crippen molar-refractivity contribution in [3.63, 3.8) is 0 Å². The Kier molecular flexibility index (Phi) is 6.43. The first kappa shape index (κ1) is 19.0. The van der Waals surface area contributed by atoms with E-state index in [4.69, 9.17) is 5.11 Å². The molecule has 26 heavy (non-hydrogen) atoms. The molecule has 0 aromatic heterocycles. The largest absolute Gasteiger partial charge is 0.480 e. The molecule has 3 rings (SSSR count). The van der Waals surface area contributed by atoms with Crippen LogP contribution in [0.1, 0.15) is 31.2 Å². The number of nitrogens with one attached hydrogen (secondary N) is 2. The minimum atomic E-state index is -0.773. The van der Waals surface area contributed by atoms with Crippen LogP contribution in [0.25, 0.3) is 0 Å². The molecule has 2 saturated carbocycles. The standard InChI is InChI=1S/C19H27N3O3S/c1-26-12-14-4-6-15(7-5-14)20-19(25)21-16-8-17(9-16)22(11-18(23)24)10-13-2-3-13/h4-7,13,16-17H,2-3,8-12H2,1H3,(H,23,24)(H2,20,21,25). The molecule has 7 heteroatoms. The van der Waals surface area contributed by atoms with E-state index in [1.807, 2.05) is 24.3 Å². The van der Waals surface area contributed by atoms with Gasteiger partial charge < -0.3 is 15.7 Å². The zero-order chi connectivity index (χ0) is 18.5. The number of amides is 2. The van der Waals surface area contributed by atoms with Crippen LogP contribution in [0, 0.1) is 5.92 Å². The summed E-state index contributed by atoms with van der Waals surface area (Å²) in [4.78, 5) is 25.3. The average Bonchev–Trinajstić information content (AvgIpc) is 3.36. The van der Waals surface area contributed by atoms with Gasteiger partial charge in [0.1, 0.15) is 0 Å². The molecule has 0 spiro atoms. The maximum Gasteiger partial charge on any atom is 0.319 e. The van der Waals surface area contributed by atoms with Crippen LogP contribution >= 0.6 is 11.8 Å². The van der Waals surface area contributed by atoms with Crippen molar-refractivity contribution in [2.75, 3.05) is 24.7 Å². The van der Waals surface area contributed by atoms with Gasteiger partial charge >= 0.3 is 12.0 Å². The highest BCUT2D eigenvalue weighted by atomic mass is 32.2. The van der Waals surface area contributed by atoms with Crippen molar-refractivity contribution >= 4 is 29.4 Å². The number of anilines is 1. The smallest absolute Gasteiger partial charge is 0.319 e. The molecule has 0 saturated heterocycles. The van der Waals surface area contributed by atoms with Crippen LogP contribution in [0.15, 0.2) is 24.3 Å². The zero-order valence-electron chi connectivity index (χ0n) is 15.1. The van der Waals surface area contributed by atoms with Gasteiger partial charge in [0.15, 0.2) is 0 Å². The van der Waals surface area contributed by atoms with Crippen LogP contribution in [-0.2, 0) is 10.5 Å². The molecule has 1 aromatic rings. The van der Waals surface area contributed by atoms with Crippen molar-refractivity contribution < 1.29 is 14.7 Å². The van der Waals surface area contributed by atoms with Gasteiger partial charge in [-0.2, -0.15) is 11.8 Å². The molecule has 0 aliphatic heterocycles. The summed E-state index contributed by atoms with van der Waals surface area (Å²) in [5.41, 5.74) is 2.02. The first-order chi connectivity index (χ1) is 12.5. The summed E-state index contributed by atoms with van der Waals surface area (Å²) in [6.45, 7) is 0.973. The third-order valence-corrected chi connectivity index (χ3v) is 5.64. The minimum Gasteiger partial charge on any atom is -0.480 e. The number of carboxylic acids is 1. The second kappa shape index (κ2) is 8.77. The highest BCUT2D eigenvalue weighted by Gasteiger charge is 2.37. The third-order valence-electron chi connectivity index (χ3n) is 5.02. The molecule has 3 N–H and O–H groups in total. The maximum atomic E-state index is 12.1. The summed E-state index contributed by atoms with van der Waals surface area (Å²) >= 11 is 1.77. The van der Waals surface area contributed by atoms with E-state index in [0.717, 1.165) is 30.8 Å². The lowest BCUT2D eigenvalue weighted by Crippen LogP contribution is -2.55. The van der Waals surface area contributed by atoms with Crippen LogP contribution in [0.3, 0.4) is 0 Å². The lowest BCUT2D eigenvalue weighted by molar-refractivity contribution is -0.139. The molecule has 2 aliphatic carbocycles. The predicted molar refractivity (Wildman–Crippen MR) is 105 cm³/mol. The summed E-state index contributed by atoms with van der Waals surface area (Å²) in [6.07, 6.45) is 6.12. The normalized spacial score (nSPS) is 21.9. The summed E-state index contributed by atoms with van der Waals surface area (Å²) in [6, 6.07) is 8.06. The Morgan fingerprint density at radius 3 is 2.50 bits per heavy atom. The fourth-order valence-corrected chi connectivity index (χ4v) is 3.88. The summed E-state index contributed by atoms with van der Waals surface area (Å²) in [7, 11) is 0. The van der Waals surface area contributed by atoms with Crippen molar-refractivity contribution in [3.8, 4) is 0 Å². The first-order valence-electron chi connectivity index (χ1n) is 9.14. The average molecular weight is 378 g/mol. The van der Waals surface area contributed by atoms with Gasteiger partial charge in [0.25, 0.3) is 0 Å². The van der Waals surface area contributed by atoms with Crippen LogP contribution < -0.4 is 10.6 Å². The van der Waals surface area contributed by atoms with E-state index in [9.17, 15) is 9.59 Å². The Bertz CT molecular complexity index is 627. The molecule has 0 bridgehead atoms. The number of thioether (sulfide) groups is 1. The molecule has 2 aliphatic rings. The molecule has 0 heterocycles. The summed E-state index contributed by atoms with van der Waals surface area (Å²) in [5.74, 6) is 0.854. The summed E-state index contributed by atoms with van der Waals surface area (Å²) in [5, 5.41) is 14.9. The quantitative estimate of drug-likeness (QED) is 0.616. The number of carbonyl (C=O) groups excluding carboxylic acids is 1. The van der Waals surface area contributed by atoms with Crippen LogP contribution in [-0.4, -0.2) is 53.4 Å². The number of hydrogen-bond acceptors (Lipinski definition) is 4. The SMILES string of the molecule is CSCc1ccc(NC(=O)NC2CC(N(CC(=O)O)CC3CC3)C2)cc1. The van der Waals surface area contributed by atoms with E-state index >= 15 is 0 Å². The molecule has 142 valence electrons. The van der Waals surface area contributed by atoms with Gasteiger partial charge in [-0.1, -0.05) is 12.1 Å². The van der Waals surface area contributed by atoms with Crippen LogP contribution in [0.4, 0.5) is 10.5 Å². The number of hydrogen-bond donors (Lipinski definition) is 3. The van der Waals surface area contributed by atoms with Crippen molar-refractivity contribution in [2.45, 2.75) is 43.5 Å². The Labute approximate surface area is 158 Å². The first-order valence-corrected chi connectivity index (χ1v) is 10.5. The highest BCUT2D eigenvalue weighted by molar-refractivity contribution is 7.97. The molecule has 0 unspecified atom stereocenters. The number of carboxylic acid groups (broad SMARTS) is 1. The number of aliphatic carboxylic acids is 1. The zero-order valence-corrected chi connectivity index (χ0v) is 15.9. The fraction of sp³-hybridized carbons (Fsp3) is 0.579. The number of benzene rings is 1. The third kappa shape index (κ3) is 5.64. The maximum absolute atomic E-state index is 12.1. The Morgan fingerprint density at radius 2 is 1.92 bits per heavy atom. The molecular formula is C19H27N3O3S. The van der Waals surface area contributed by atoms with Crippen LogP contribution in [0.2, 0.25) is 0 Å². The molecule has 2 fully saturated rings. The Balaban J connectivity index is 1.41. The van der Waals surface area contributed by atoms with Gasteiger partial charge in [-0.15, -0.1) is 0 Å². The lowest BCUT2D eigenvalue weighted by atomic mass is 9.85. The topological polar surface area (TPSA) is 81.7 Å². The van der Waals surface area contributed by atoms with E-state index in [1.165, 1.54) is 18.4 Å². The number of carbonyl (C=O) groups is 2. The number of urea groups is 1. The fourth-order valence-electron chi connectivity index (χ4n) is 3.36. The van der Waals surface area contributed by atoms with Gasteiger partial charge in [0.05, 0.1) is 6.54 Å². The molecule has 6 nitrogen and oxygen atoms in total. The molecule has 0 radical (unpaired) electrons. The Morgan fingerprint density at radius 1 is 1.23 bits per heavy atom. The molecular weight excluding hydrogens is 350 g/mol. The predicted octanol–water partition coefficient (Wildman–Crippen LogP) is 3.00. The highest BCUT2D eigenvalue weighted by Crippen LogP contribution is 2.33. The second-order valence-electron chi connectivity index (χ2n) is 7.32. The molecule has 0 atom stereocenters. The van der Waals surface area contributed by atoms with Crippen molar-refractivity contribution in [3.05, 3.63) is 29.8 Å². The van der Waals surface area contributed by atoms with Crippen molar-refractivity contribution in [2.24, 2.45) is 5.92 Å². The van der Waals surface area contributed by atoms with Gasteiger partial charge in [-0.05, 0) is 55.6 Å². The summed E-state index contributed by atoms with van der Waals surface area (Å²) < 4.78 is 0. The lowest BCUT2D eigenvalue weighted by Gasteiger charge is -2.42. The van der Waals surface area contributed by atoms with E-state index in [2.05, 4.69) is 21.8 Å². The van der Waals surface area contributed by atoms with Crippen molar-refractivity contribution in [1.82, 2.24) is 10.2 Å². The second-order valence-corrected chi connectivity index (χ2v) is 8.18. The van der Waals surface area contributed by atoms with Crippen molar-refractivity contribution in [1.29, 1.82) is 0 Å². The van der Waals surface area contributed by atoms with E-state index < -0.39 is 5.97 Å². The van der Waals surface area contributed by atoms with Gasteiger partial charge in [0, 0.05) is 30.1 Å². The van der Waals surface area contributed by atoms with E-state index in [0.29, 0.717) is 5.92 Å².